The number of nitrogens with zero attached hydrogens (tertiary/aromatic N) is 2. The Morgan fingerprint density at radius 3 is 2.43 bits per heavy atom. The Hall–Kier alpha value is -1.61. The standard InChI is InChI=1S/C25H36N2O/c1-25(2,3)20-8-11-22(12-9-20)28-23-13-14-24-19(17-23)7-10-21(26-24)18-27-15-5-4-6-16-27/h7,10,13-14,17,20,22H,4-6,8-9,11-12,15-16,18H2,1-3H3. The van der Waals surface area contributed by atoms with E-state index in [9.17, 15) is 0 Å². The number of hydrogen-bond donors (Lipinski definition) is 0. The Labute approximate surface area is 170 Å². The van der Waals surface area contributed by atoms with Crippen LogP contribution in [0.3, 0.4) is 0 Å². The van der Waals surface area contributed by atoms with Gasteiger partial charge in [0.2, 0.25) is 0 Å². The Kier molecular flexibility index (Phi) is 5.91. The van der Waals surface area contributed by atoms with Gasteiger partial charge in [-0.15, -0.1) is 0 Å². The fourth-order valence-corrected chi connectivity index (χ4v) is 4.89. The van der Waals surface area contributed by atoms with Gasteiger partial charge in [0.1, 0.15) is 5.75 Å². The first-order valence-electron chi connectivity index (χ1n) is 11.3. The maximum atomic E-state index is 6.34. The van der Waals surface area contributed by atoms with Crippen molar-refractivity contribution in [1.29, 1.82) is 0 Å². The minimum Gasteiger partial charge on any atom is -0.490 e. The molecular weight excluding hydrogens is 344 g/mol. The average Bonchev–Trinajstić information content (AvgIpc) is 2.69. The Bertz CT molecular complexity index is 781. The lowest BCUT2D eigenvalue weighted by molar-refractivity contribution is 0.0883. The molecule has 0 amide bonds. The van der Waals surface area contributed by atoms with Crippen molar-refractivity contribution in [2.75, 3.05) is 13.1 Å². The summed E-state index contributed by atoms with van der Waals surface area (Å²) in [6.07, 6.45) is 9.30. The summed E-state index contributed by atoms with van der Waals surface area (Å²) in [5.74, 6) is 1.82. The summed E-state index contributed by atoms with van der Waals surface area (Å²) in [7, 11) is 0. The minimum absolute atomic E-state index is 0.363. The van der Waals surface area contributed by atoms with Crippen LogP contribution in [0, 0.1) is 11.3 Å². The van der Waals surface area contributed by atoms with Crippen LogP contribution in [0.25, 0.3) is 10.9 Å². The highest BCUT2D eigenvalue weighted by Crippen LogP contribution is 2.38. The van der Waals surface area contributed by atoms with Gasteiger partial charge in [-0.25, -0.2) is 0 Å². The van der Waals surface area contributed by atoms with Crippen LogP contribution in [-0.2, 0) is 6.54 Å². The van der Waals surface area contributed by atoms with Gasteiger partial charge in [0.05, 0.1) is 17.3 Å². The van der Waals surface area contributed by atoms with Crippen molar-refractivity contribution in [1.82, 2.24) is 9.88 Å². The van der Waals surface area contributed by atoms with E-state index in [1.54, 1.807) is 0 Å². The molecule has 3 heteroatoms. The van der Waals surface area contributed by atoms with Crippen molar-refractivity contribution >= 4 is 10.9 Å². The van der Waals surface area contributed by atoms with Gasteiger partial charge in [0.25, 0.3) is 0 Å². The molecule has 2 fully saturated rings. The summed E-state index contributed by atoms with van der Waals surface area (Å²) in [5, 5.41) is 1.18. The van der Waals surface area contributed by atoms with Crippen LogP contribution < -0.4 is 4.74 Å². The van der Waals surface area contributed by atoms with E-state index in [0.29, 0.717) is 11.5 Å². The van der Waals surface area contributed by atoms with Crippen LogP contribution in [0.5, 0.6) is 5.75 Å². The number of ether oxygens (including phenoxy) is 1. The molecule has 0 spiro atoms. The number of fused-ring (bicyclic) bond motifs is 1. The molecule has 0 atom stereocenters. The van der Waals surface area contributed by atoms with E-state index in [0.717, 1.165) is 23.7 Å². The van der Waals surface area contributed by atoms with Crippen molar-refractivity contribution in [2.24, 2.45) is 11.3 Å². The van der Waals surface area contributed by atoms with Crippen LogP contribution in [0.15, 0.2) is 30.3 Å². The molecule has 0 radical (unpaired) electrons. The Balaban J connectivity index is 1.37. The molecule has 0 N–H and O–H groups in total. The topological polar surface area (TPSA) is 25.4 Å². The molecule has 1 aliphatic carbocycles. The number of hydrogen-bond acceptors (Lipinski definition) is 3. The maximum Gasteiger partial charge on any atom is 0.120 e. The van der Waals surface area contributed by atoms with Crippen LogP contribution in [0.1, 0.15) is 71.4 Å². The monoisotopic (exact) mass is 380 g/mol. The zero-order valence-electron chi connectivity index (χ0n) is 17.9. The average molecular weight is 381 g/mol. The Morgan fingerprint density at radius 2 is 1.71 bits per heavy atom. The number of benzene rings is 1. The number of likely N-dealkylation sites (tertiary alicyclic amines) is 1. The van der Waals surface area contributed by atoms with Crippen LogP contribution in [0.2, 0.25) is 0 Å². The molecular formula is C25H36N2O. The van der Waals surface area contributed by atoms with Gasteiger partial charge in [-0.2, -0.15) is 0 Å². The van der Waals surface area contributed by atoms with E-state index in [1.165, 1.54) is 69.1 Å². The van der Waals surface area contributed by atoms with Crippen LogP contribution in [0.4, 0.5) is 0 Å². The van der Waals surface area contributed by atoms with Crippen LogP contribution >= 0.6 is 0 Å². The summed E-state index contributed by atoms with van der Waals surface area (Å²) in [6, 6.07) is 10.8. The molecule has 1 aromatic carbocycles. The first-order chi connectivity index (χ1) is 13.5. The van der Waals surface area contributed by atoms with Gasteiger partial charge in [-0.3, -0.25) is 9.88 Å². The van der Waals surface area contributed by atoms with Gasteiger partial charge >= 0.3 is 0 Å². The van der Waals surface area contributed by atoms with Gasteiger partial charge in [-0.1, -0.05) is 33.3 Å². The zero-order chi connectivity index (χ0) is 19.6. The second-order valence-corrected chi connectivity index (χ2v) is 9.95. The second kappa shape index (κ2) is 8.41. The lowest BCUT2D eigenvalue weighted by atomic mass is 9.72. The summed E-state index contributed by atoms with van der Waals surface area (Å²) in [6.45, 7) is 10.5. The first kappa shape index (κ1) is 19.7. The first-order valence-corrected chi connectivity index (χ1v) is 11.3. The lowest BCUT2D eigenvalue weighted by Gasteiger charge is -2.36. The highest BCUT2D eigenvalue weighted by molar-refractivity contribution is 5.80. The van der Waals surface area contributed by atoms with Crippen molar-refractivity contribution in [2.45, 2.75) is 78.4 Å². The quantitative estimate of drug-likeness (QED) is 0.631. The molecule has 152 valence electrons. The summed E-state index contributed by atoms with van der Waals surface area (Å²) in [4.78, 5) is 7.43. The predicted octanol–water partition coefficient (Wildman–Crippen LogP) is 6.20. The molecule has 3 nitrogen and oxygen atoms in total. The van der Waals surface area contributed by atoms with E-state index in [1.807, 2.05) is 0 Å². The molecule has 28 heavy (non-hydrogen) atoms. The van der Waals surface area contributed by atoms with Gasteiger partial charge < -0.3 is 4.74 Å². The van der Waals surface area contributed by atoms with Gasteiger partial charge in [0.15, 0.2) is 0 Å². The van der Waals surface area contributed by atoms with E-state index in [2.05, 4.69) is 56.0 Å². The van der Waals surface area contributed by atoms with E-state index in [4.69, 9.17) is 9.72 Å². The third-order valence-electron chi connectivity index (χ3n) is 6.75. The number of aromatic nitrogens is 1. The summed E-state index contributed by atoms with van der Waals surface area (Å²) < 4.78 is 6.34. The molecule has 4 rings (SSSR count). The van der Waals surface area contributed by atoms with Crippen molar-refractivity contribution in [3.8, 4) is 5.75 Å². The third-order valence-corrected chi connectivity index (χ3v) is 6.75. The maximum absolute atomic E-state index is 6.34. The smallest absolute Gasteiger partial charge is 0.120 e. The number of piperidine rings is 1. The normalized spacial score (nSPS) is 24.4. The van der Waals surface area contributed by atoms with Crippen LogP contribution in [-0.4, -0.2) is 29.1 Å². The number of pyridine rings is 1. The molecule has 1 aliphatic heterocycles. The molecule has 1 saturated carbocycles. The fourth-order valence-electron chi connectivity index (χ4n) is 4.89. The van der Waals surface area contributed by atoms with Crippen molar-refractivity contribution in [3.63, 3.8) is 0 Å². The van der Waals surface area contributed by atoms with Crippen molar-refractivity contribution < 1.29 is 4.74 Å². The van der Waals surface area contributed by atoms with E-state index in [-0.39, 0.29) is 0 Å². The summed E-state index contributed by atoms with van der Waals surface area (Å²) >= 11 is 0. The highest BCUT2D eigenvalue weighted by atomic mass is 16.5. The fraction of sp³-hybridized carbons (Fsp3) is 0.640. The zero-order valence-corrected chi connectivity index (χ0v) is 17.9. The summed E-state index contributed by atoms with van der Waals surface area (Å²) in [5.41, 5.74) is 2.69. The number of rotatable bonds is 4. The van der Waals surface area contributed by atoms with E-state index >= 15 is 0 Å². The molecule has 1 aromatic heterocycles. The molecule has 0 bridgehead atoms. The minimum atomic E-state index is 0.363. The van der Waals surface area contributed by atoms with Gasteiger partial charge in [0, 0.05) is 11.9 Å². The van der Waals surface area contributed by atoms with E-state index < -0.39 is 0 Å². The SMILES string of the molecule is CC(C)(C)C1CCC(Oc2ccc3nc(CN4CCCCC4)ccc3c2)CC1. The molecule has 1 saturated heterocycles. The molecule has 2 heterocycles. The molecule has 2 aromatic rings. The molecule has 2 aliphatic rings. The lowest BCUT2D eigenvalue weighted by Crippen LogP contribution is -2.30. The second-order valence-electron chi connectivity index (χ2n) is 9.95. The Morgan fingerprint density at radius 1 is 0.964 bits per heavy atom. The van der Waals surface area contributed by atoms with Crippen molar-refractivity contribution in [3.05, 3.63) is 36.0 Å². The largest absolute Gasteiger partial charge is 0.490 e. The highest BCUT2D eigenvalue weighted by Gasteiger charge is 2.30. The third kappa shape index (κ3) is 4.86. The molecule has 0 unspecified atom stereocenters. The predicted molar refractivity (Wildman–Crippen MR) is 117 cm³/mol. The van der Waals surface area contributed by atoms with Gasteiger partial charge in [-0.05, 0) is 87.2 Å².